The van der Waals surface area contributed by atoms with Crippen molar-refractivity contribution in [2.45, 2.75) is 31.5 Å². The highest BCUT2D eigenvalue weighted by Gasteiger charge is 2.46. The number of aromatic nitrogens is 2. The van der Waals surface area contributed by atoms with E-state index in [2.05, 4.69) is 37.7 Å². The Bertz CT molecular complexity index is 752. The maximum absolute atomic E-state index is 12.9. The van der Waals surface area contributed by atoms with Crippen molar-refractivity contribution in [1.82, 2.24) is 19.4 Å². The molecule has 1 aliphatic carbocycles. The van der Waals surface area contributed by atoms with Crippen LogP contribution in [0.15, 0.2) is 42.9 Å². The van der Waals surface area contributed by atoms with E-state index in [4.69, 9.17) is 0 Å². The Balaban J connectivity index is 1.42. The van der Waals surface area contributed by atoms with Crippen LogP contribution in [0.1, 0.15) is 34.9 Å². The molecule has 2 fully saturated rings. The van der Waals surface area contributed by atoms with Crippen molar-refractivity contribution in [1.29, 1.82) is 0 Å². The Morgan fingerprint density at radius 1 is 1.08 bits per heavy atom. The van der Waals surface area contributed by atoms with Crippen molar-refractivity contribution in [3.8, 4) is 0 Å². The second-order valence-electron chi connectivity index (χ2n) is 7.39. The number of carbonyl (C=O) groups is 1. The maximum atomic E-state index is 12.9. The molecule has 2 aromatic heterocycles. The lowest BCUT2D eigenvalue weighted by Crippen LogP contribution is -2.51. The second-order valence-corrected chi connectivity index (χ2v) is 7.39. The molecular weight excluding hydrogens is 300 g/mol. The van der Waals surface area contributed by atoms with Gasteiger partial charge in [0.25, 0.3) is 5.91 Å². The first-order chi connectivity index (χ1) is 11.8. The van der Waals surface area contributed by atoms with E-state index >= 15 is 0 Å². The molecule has 0 aromatic carbocycles. The lowest BCUT2D eigenvalue weighted by molar-refractivity contribution is 0.0565. The fraction of sp³-hybridized carbons (Fsp3) is 0.474. The van der Waals surface area contributed by atoms with Crippen LogP contribution in [0.25, 0.3) is 0 Å². The molecule has 0 N–H and O–H groups in total. The predicted octanol–water partition coefficient (Wildman–Crippen LogP) is 2.17. The van der Waals surface area contributed by atoms with E-state index in [1.807, 2.05) is 24.5 Å². The molecule has 1 amide bonds. The summed E-state index contributed by atoms with van der Waals surface area (Å²) in [5, 5.41) is 0. The van der Waals surface area contributed by atoms with Gasteiger partial charge in [0.2, 0.25) is 0 Å². The summed E-state index contributed by atoms with van der Waals surface area (Å²) in [4.78, 5) is 21.7. The zero-order valence-corrected chi connectivity index (χ0v) is 13.7. The van der Waals surface area contributed by atoms with Gasteiger partial charge in [0.15, 0.2) is 0 Å². The molecule has 5 nitrogen and oxygen atoms in total. The zero-order chi connectivity index (χ0) is 16.1. The molecule has 2 atom stereocenters. The first kappa shape index (κ1) is 14.2. The SMILES string of the molecule is O=C1c2cccn2[C@H]2CN(Cc3ccncc3)C[C@H]2N1CC1CC1. The highest BCUT2D eigenvalue weighted by molar-refractivity contribution is 5.94. The highest BCUT2D eigenvalue weighted by atomic mass is 16.2. The smallest absolute Gasteiger partial charge is 0.270 e. The van der Waals surface area contributed by atoms with Crippen LogP contribution in [0.3, 0.4) is 0 Å². The average Bonchev–Trinajstić information content (AvgIpc) is 3.11. The Hall–Kier alpha value is -2.14. The van der Waals surface area contributed by atoms with Crippen LogP contribution in [-0.4, -0.2) is 50.9 Å². The Kier molecular flexibility index (Phi) is 3.23. The fourth-order valence-corrected chi connectivity index (χ4v) is 4.26. The molecule has 3 aliphatic rings. The summed E-state index contributed by atoms with van der Waals surface area (Å²) in [6, 6.07) is 8.83. The third-order valence-electron chi connectivity index (χ3n) is 5.66. The van der Waals surface area contributed by atoms with Gasteiger partial charge in [-0.3, -0.25) is 14.7 Å². The molecule has 0 spiro atoms. The summed E-state index contributed by atoms with van der Waals surface area (Å²) in [7, 11) is 0. The van der Waals surface area contributed by atoms with E-state index in [1.165, 1.54) is 18.4 Å². The minimum Gasteiger partial charge on any atom is -0.337 e. The molecule has 1 saturated heterocycles. The van der Waals surface area contributed by atoms with Crippen LogP contribution >= 0.6 is 0 Å². The van der Waals surface area contributed by atoms with Gasteiger partial charge in [0.1, 0.15) is 5.69 Å². The molecule has 2 aromatic rings. The largest absolute Gasteiger partial charge is 0.337 e. The van der Waals surface area contributed by atoms with Crippen LogP contribution in [0.5, 0.6) is 0 Å². The average molecular weight is 322 g/mol. The zero-order valence-electron chi connectivity index (χ0n) is 13.7. The van der Waals surface area contributed by atoms with E-state index in [0.717, 1.165) is 37.8 Å². The fourth-order valence-electron chi connectivity index (χ4n) is 4.26. The monoisotopic (exact) mass is 322 g/mol. The van der Waals surface area contributed by atoms with Crippen LogP contribution in [-0.2, 0) is 6.54 Å². The van der Waals surface area contributed by atoms with Gasteiger partial charge in [-0.1, -0.05) is 0 Å². The maximum Gasteiger partial charge on any atom is 0.270 e. The van der Waals surface area contributed by atoms with Crippen LogP contribution in [0.2, 0.25) is 0 Å². The molecule has 124 valence electrons. The Labute approximate surface area is 141 Å². The minimum absolute atomic E-state index is 0.221. The van der Waals surface area contributed by atoms with Gasteiger partial charge < -0.3 is 9.47 Å². The van der Waals surface area contributed by atoms with E-state index in [1.54, 1.807) is 0 Å². The van der Waals surface area contributed by atoms with E-state index in [-0.39, 0.29) is 5.91 Å². The number of hydrogen-bond donors (Lipinski definition) is 0. The molecule has 2 aliphatic heterocycles. The van der Waals surface area contributed by atoms with Crippen molar-refractivity contribution in [2.24, 2.45) is 5.92 Å². The molecule has 5 rings (SSSR count). The first-order valence-corrected chi connectivity index (χ1v) is 8.88. The van der Waals surface area contributed by atoms with Crippen molar-refractivity contribution in [2.75, 3.05) is 19.6 Å². The van der Waals surface area contributed by atoms with Gasteiger partial charge in [-0.05, 0) is 48.6 Å². The molecule has 0 unspecified atom stereocenters. The molecule has 24 heavy (non-hydrogen) atoms. The van der Waals surface area contributed by atoms with Crippen molar-refractivity contribution in [3.63, 3.8) is 0 Å². The third-order valence-corrected chi connectivity index (χ3v) is 5.66. The van der Waals surface area contributed by atoms with Gasteiger partial charge in [0, 0.05) is 44.8 Å². The van der Waals surface area contributed by atoms with Gasteiger partial charge in [-0.2, -0.15) is 0 Å². The normalized spacial score (nSPS) is 26.5. The van der Waals surface area contributed by atoms with Gasteiger partial charge in [-0.15, -0.1) is 0 Å². The minimum atomic E-state index is 0.221. The number of pyridine rings is 1. The predicted molar refractivity (Wildman–Crippen MR) is 90.5 cm³/mol. The number of carbonyl (C=O) groups excluding carboxylic acids is 1. The molecular formula is C19H22N4O. The van der Waals surface area contributed by atoms with Gasteiger partial charge in [0.05, 0.1) is 12.1 Å². The Morgan fingerprint density at radius 2 is 1.88 bits per heavy atom. The quantitative estimate of drug-likeness (QED) is 0.866. The molecule has 5 heteroatoms. The molecule has 4 heterocycles. The standard InChI is InChI=1S/C19H22N4O/c24-19-16-2-1-9-22(16)17-12-21(10-15-5-7-20-8-6-15)13-18(17)23(19)11-14-3-4-14/h1-2,5-9,14,17-18H,3-4,10-13H2/t17-,18+/m0/s1. The number of fused-ring (bicyclic) bond motifs is 3. The number of amides is 1. The summed E-state index contributed by atoms with van der Waals surface area (Å²) in [6.07, 6.45) is 8.35. The lowest BCUT2D eigenvalue weighted by Gasteiger charge is -2.38. The summed E-state index contributed by atoms with van der Waals surface area (Å²) in [6.45, 7) is 3.83. The van der Waals surface area contributed by atoms with E-state index < -0.39 is 0 Å². The molecule has 0 bridgehead atoms. The highest BCUT2D eigenvalue weighted by Crippen LogP contribution is 2.38. The summed E-state index contributed by atoms with van der Waals surface area (Å²) < 4.78 is 2.21. The van der Waals surface area contributed by atoms with Crippen molar-refractivity contribution >= 4 is 5.91 Å². The van der Waals surface area contributed by atoms with Crippen molar-refractivity contribution in [3.05, 3.63) is 54.1 Å². The second kappa shape index (κ2) is 5.45. The van der Waals surface area contributed by atoms with Crippen molar-refractivity contribution < 1.29 is 4.79 Å². The summed E-state index contributed by atoms with van der Waals surface area (Å²) in [5.41, 5.74) is 2.15. The van der Waals surface area contributed by atoms with Crippen LogP contribution in [0, 0.1) is 5.92 Å². The van der Waals surface area contributed by atoms with Crippen LogP contribution < -0.4 is 0 Å². The summed E-state index contributed by atoms with van der Waals surface area (Å²) in [5.74, 6) is 0.948. The van der Waals surface area contributed by atoms with E-state index in [9.17, 15) is 4.79 Å². The van der Waals surface area contributed by atoms with Crippen LogP contribution in [0.4, 0.5) is 0 Å². The number of rotatable bonds is 4. The van der Waals surface area contributed by atoms with Gasteiger partial charge >= 0.3 is 0 Å². The number of hydrogen-bond acceptors (Lipinski definition) is 3. The first-order valence-electron chi connectivity index (χ1n) is 8.88. The van der Waals surface area contributed by atoms with Gasteiger partial charge in [-0.25, -0.2) is 0 Å². The Morgan fingerprint density at radius 3 is 2.67 bits per heavy atom. The lowest BCUT2D eigenvalue weighted by atomic mass is 10.1. The number of nitrogens with zero attached hydrogens (tertiary/aromatic N) is 4. The third kappa shape index (κ3) is 2.35. The van der Waals surface area contributed by atoms with E-state index in [0.29, 0.717) is 12.1 Å². The molecule has 0 radical (unpaired) electrons. The summed E-state index contributed by atoms with van der Waals surface area (Å²) >= 11 is 0. The molecule has 1 saturated carbocycles. The number of likely N-dealkylation sites (tertiary alicyclic amines) is 1. The topological polar surface area (TPSA) is 41.4 Å².